The third kappa shape index (κ3) is 1.87. The Balaban J connectivity index is 2.39. The molecule has 0 unspecified atom stereocenters. The van der Waals surface area contributed by atoms with Crippen LogP contribution in [0.5, 0.6) is 0 Å². The number of cyclic esters (lactones) is 1. The summed E-state index contributed by atoms with van der Waals surface area (Å²) in [5.74, 6) is -1.59. The fourth-order valence-corrected chi connectivity index (χ4v) is 1.62. The molecule has 2 rings (SSSR count). The van der Waals surface area contributed by atoms with Gasteiger partial charge in [0.1, 0.15) is 18.2 Å². The quantitative estimate of drug-likeness (QED) is 0.809. The van der Waals surface area contributed by atoms with Gasteiger partial charge in [0.05, 0.1) is 6.04 Å². The molecule has 0 aromatic heterocycles. The first-order chi connectivity index (χ1) is 7.08. The van der Waals surface area contributed by atoms with Gasteiger partial charge < -0.3 is 10.1 Å². The maximum Gasteiger partial charge on any atom is 0.407 e. The first-order valence-electron chi connectivity index (χ1n) is 4.15. The van der Waals surface area contributed by atoms with Crippen LogP contribution in [-0.2, 0) is 4.74 Å². The Kier molecular flexibility index (Phi) is 2.48. The average Bonchev–Trinajstić information content (AvgIpc) is 2.49. The minimum Gasteiger partial charge on any atom is -0.447 e. The van der Waals surface area contributed by atoms with Gasteiger partial charge in [0.2, 0.25) is 0 Å². The van der Waals surface area contributed by atoms with Crippen molar-refractivity contribution in [3.8, 4) is 0 Å². The molecule has 1 amide bonds. The molecule has 1 aliphatic rings. The molecule has 1 heterocycles. The molecular weight excluding hydrogens is 228 g/mol. The van der Waals surface area contributed by atoms with Crippen molar-refractivity contribution in [1.82, 2.24) is 5.32 Å². The number of hydrogen-bond donors (Lipinski definition) is 1. The maximum atomic E-state index is 13.4. The van der Waals surface area contributed by atoms with Crippen LogP contribution in [0.15, 0.2) is 12.1 Å². The van der Waals surface area contributed by atoms with E-state index in [1.165, 1.54) is 0 Å². The van der Waals surface area contributed by atoms with Crippen LogP contribution in [0.25, 0.3) is 0 Å². The molecule has 0 bridgehead atoms. The highest BCUT2D eigenvalue weighted by Crippen LogP contribution is 2.26. The minimum atomic E-state index is -0.797. The maximum absolute atomic E-state index is 13.4. The van der Waals surface area contributed by atoms with Gasteiger partial charge in [-0.05, 0) is 12.1 Å². The third-order valence-corrected chi connectivity index (χ3v) is 2.28. The summed E-state index contributed by atoms with van der Waals surface area (Å²) < 4.78 is 31.3. The van der Waals surface area contributed by atoms with E-state index in [4.69, 9.17) is 11.6 Å². The second-order valence-electron chi connectivity index (χ2n) is 3.08. The number of halogens is 3. The number of hydrogen-bond acceptors (Lipinski definition) is 2. The number of benzene rings is 1. The number of alkyl carbamates (subject to hydrolysis) is 1. The van der Waals surface area contributed by atoms with Crippen molar-refractivity contribution in [3.63, 3.8) is 0 Å². The van der Waals surface area contributed by atoms with Crippen LogP contribution < -0.4 is 5.32 Å². The lowest BCUT2D eigenvalue weighted by Crippen LogP contribution is -2.20. The Morgan fingerprint density at radius 1 is 1.40 bits per heavy atom. The van der Waals surface area contributed by atoms with Gasteiger partial charge in [0, 0.05) is 10.6 Å². The number of carbonyl (C=O) groups excluding carboxylic acids is 1. The topological polar surface area (TPSA) is 38.3 Å². The molecule has 6 heteroatoms. The number of ether oxygens (including phenoxy) is 1. The van der Waals surface area contributed by atoms with E-state index in [-0.39, 0.29) is 17.2 Å². The van der Waals surface area contributed by atoms with E-state index < -0.39 is 23.8 Å². The predicted molar refractivity (Wildman–Crippen MR) is 48.6 cm³/mol. The van der Waals surface area contributed by atoms with Crippen molar-refractivity contribution < 1.29 is 18.3 Å². The summed E-state index contributed by atoms with van der Waals surface area (Å²) in [6.45, 7) is -0.0890. The zero-order valence-electron chi connectivity index (χ0n) is 7.39. The summed E-state index contributed by atoms with van der Waals surface area (Å²) >= 11 is 5.46. The first-order valence-corrected chi connectivity index (χ1v) is 4.53. The highest BCUT2D eigenvalue weighted by Gasteiger charge is 2.29. The molecule has 0 aliphatic carbocycles. The van der Waals surface area contributed by atoms with Gasteiger partial charge in [0.25, 0.3) is 0 Å². The number of nitrogens with one attached hydrogen (secondary N) is 1. The van der Waals surface area contributed by atoms with Gasteiger partial charge in [-0.25, -0.2) is 13.6 Å². The zero-order chi connectivity index (χ0) is 11.0. The van der Waals surface area contributed by atoms with Crippen molar-refractivity contribution in [2.75, 3.05) is 6.61 Å². The Morgan fingerprint density at radius 3 is 2.47 bits per heavy atom. The van der Waals surface area contributed by atoms with E-state index in [1.54, 1.807) is 0 Å². The van der Waals surface area contributed by atoms with Crippen LogP contribution in [0.4, 0.5) is 13.6 Å². The Labute approximate surface area is 89.0 Å². The van der Waals surface area contributed by atoms with Crippen LogP contribution in [0.2, 0.25) is 5.02 Å². The van der Waals surface area contributed by atoms with E-state index in [0.717, 1.165) is 12.1 Å². The van der Waals surface area contributed by atoms with Gasteiger partial charge in [-0.1, -0.05) is 11.6 Å². The average molecular weight is 234 g/mol. The molecule has 80 valence electrons. The van der Waals surface area contributed by atoms with Gasteiger partial charge in [-0.3, -0.25) is 0 Å². The lowest BCUT2D eigenvalue weighted by Gasteiger charge is -2.10. The molecule has 0 saturated carbocycles. The van der Waals surface area contributed by atoms with Gasteiger partial charge in [-0.15, -0.1) is 0 Å². The van der Waals surface area contributed by atoms with Crippen molar-refractivity contribution in [1.29, 1.82) is 0 Å². The molecule has 1 aliphatic heterocycles. The molecule has 15 heavy (non-hydrogen) atoms. The van der Waals surface area contributed by atoms with Crippen molar-refractivity contribution >= 4 is 17.7 Å². The van der Waals surface area contributed by atoms with Gasteiger partial charge in [-0.2, -0.15) is 0 Å². The van der Waals surface area contributed by atoms with E-state index in [9.17, 15) is 13.6 Å². The zero-order valence-corrected chi connectivity index (χ0v) is 8.15. The minimum absolute atomic E-state index is 0.0287. The second kappa shape index (κ2) is 3.66. The monoisotopic (exact) mass is 233 g/mol. The Morgan fingerprint density at radius 2 is 2.00 bits per heavy atom. The second-order valence-corrected chi connectivity index (χ2v) is 3.51. The number of amides is 1. The van der Waals surface area contributed by atoms with Crippen LogP contribution in [0, 0.1) is 11.6 Å². The van der Waals surface area contributed by atoms with Crippen molar-refractivity contribution in [2.24, 2.45) is 0 Å². The van der Waals surface area contributed by atoms with Crippen LogP contribution in [-0.4, -0.2) is 12.7 Å². The van der Waals surface area contributed by atoms with Gasteiger partial charge >= 0.3 is 6.09 Å². The van der Waals surface area contributed by atoms with Crippen LogP contribution in [0.3, 0.4) is 0 Å². The van der Waals surface area contributed by atoms with E-state index in [2.05, 4.69) is 10.1 Å². The largest absolute Gasteiger partial charge is 0.447 e. The first kappa shape index (κ1) is 10.2. The highest BCUT2D eigenvalue weighted by atomic mass is 35.5. The fraction of sp³-hybridized carbons (Fsp3) is 0.222. The smallest absolute Gasteiger partial charge is 0.407 e. The number of carbonyl (C=O) groups is 1. The molecule has 1 fully saturated rings. The van der Waals surface area contributed by atoms with Crippen LogP contribution in [0.1, 0.15) is 11.6 Å². The molecule has 3 nitrogen and oxygen atoms in total. The van der Waals surface area contributed by atoms with E-state index in [1.807, 2.05) is 0 Å². The molecule has 1 aromatic rings. The fourth-order valence-electron chi connectivity index (χ4n) is 1.43. The van der Waals surface area contributed by atoms with Crippen LogP contribution >= 0.6 is 11.6 Å². The molecule has 1 saturated heterocycles. The third-order valence-electron chi connectivity index (χ3n) is 2.07. The molecule has 1 N–H and O–H groups in total. The lowest BCUT2D eigenvalue weighted by atomic mass is 10.1. The molecule has 0 radical (unpaired) electrons. The summed E-state index contributed by atoms with van der Waals surface area (Å²) in [7, 11) is 0. The molecule has 1 aromatic carbocycles. The van der Waals surface area contributed by atoms with E-state index >= 15 is 0 Å². The molecule has 0 spiro atoms. The molecule has 1 atom stereocenters. The van der Waals surface area contributed by atoms with Crippen molar-refractivity contribution in [2.45, 2.75) is 6.04 Å². The number of rotatable bonds is 1. The Bertz CT molecular complexity index is 402. The van der Waals surface area contributed by atoms with E-state index in [0.29, 0.717) is 0 Å². The highest BCUT2D eigenvalue weighted by molar-refractivity contribution is 6.30. The normalized spacial score (nSPS) is 19.9. The summed E-state index contributed by atoms with van der Waals surface area (Å²) in [4.78, 5) is 10.7. The Hall–Kier alpha value is -1.36. The summed E-state index contributed by atoms with van der Waals surface area (Å²) in [6, 6.07) is 1.18. The summed E-state index contributed by atoms with van der Waals surface area (Å²) in [5.41, 5.74) is -0.231. The predicted octanol–water partition coefficient (Wildman–Crippen LogP) is 2.40. The summed E-state index contributed by atoms with van der Waals surface area (Å²) in [5, 5.41) is 2.26. The standard InChI is InChI=1S/C9H6ClF2NO2/c10-4-1-5(11)8(6(12)2-4)7-3-15-9(14)13-7/h1-2,7H,3H2,(H,13,14)/t7-/m0/s1. The molecular formula is C9H6ClF2NO2. The lowest BCUT2D eigenvalue weighted by molar-refractivity contribution is 0.176. The van der Waals surface area contributed by atoms with Gasteiger partial charge in [0.15, 0.2) is 0 Å². The summed E-state index contributed by atoms with van der Waals surface area (Å²) in [6.07, 6.45) is -0.686. The van der Waals surface area contributed by atoms with Crippen molar-refractivity contribution in [3.05, 3.63) is 34.4 Å². The SMILES string of the molecule is O=C1N[C@H](c2c(F)cc(Cl)cc2F)CO1.